The number of aromatic carboxylic acids is 1. The van der Waals surface area contributed by atoms with Crippen LogP contribution in [0.3, 0.4) is 0 Å². The minimum absolute atomic E-state index is 0.0252. The molecule has 3 aromatic rings. The molecule has 0 saturated carbocycles. The molecule has 0 unspecified atom stereocenters. The summed E-state index contributed by atoms with van der Waals surface area (Å²) in [5.74, 6) is -0.0378. The van der Waals surface area contributed by atoms with E-state index in [1.165, 1.54) is 18.3 Å². The van der Waals surface area contributed by atoms with Crippen molar-refractivity contribution < 1.29 is 14.3 Å². The van der Waals surface area contributed by atoms with E-state index in [-0.39, 0.29) is 10.6 Å². The molecule has 3 rings (SSSR count). The second-order valence-electron chi connectivity index (χ2n) is 5.39. The number of carboxylic acids is 1. The highest BCUT2D eigenvalue weighted by Crippen LogP contribution is 2.26. The van der Waals surface area contributed by atoms with Gasteiger partial charge in [0.1, 0.15) is 11.5 Å². The van der Waals surface area contributed by atoms with Crippen molar-refractivity contribution in [2.75, 3.05) is 0 Å². The standard InChI is InChI=1S/C19H14Cl2N2O3/c20-16-4-2-1-3-13(16)10-22-23-11-14-6-8-18(26-14)12-5-7-17(21)15(9-12)19(24)25/h1-9,11,22H,10H2,(H,24,25)/b23-11-. The van der Waals surface area contributed by atoms with Crippen LogP contribution in [0.15, 0.2) is 64.1 Å². The zero-order valence-corrected chi connectivity index (χ0v) is 15.0. The van der Waals surface area contributed by atoms with E-state index >= 15 is 0 Å². The average molecular weight is 389 g/mol. The lowest BCUT2D eigenvalue weighted by Crippen LogP contribution is -2.05. The summed E-state index contributed by atoms with van der Waals surface area (Å²) < 4.78 is 5.67. The molecule has 0 radical (unpaired) electrons. The van der Waals surface area contributed by atoms with Gasteiger partial charge in [0, 0.05) is 10.6 Å². The van der Waals surface area contributed by atoms with Crippen molar-refractivity contribution in [2.45, 2.75) is 6.54 Å². The first-order chi connectivity index (χ1) is 12.5. The van der Waals surface area contributed by atoms with E-state index in [9.17, 15) is 4.79 Å². The number of hydrogen-bond acceptors (Lipinski definition) is 4. The Hall–Kier alpha value is -2.76. The minimum Gasteiger partial charge on any atom is -0.478 e. The Kier molecular flexibility index (Phi) is 5.61. The predicted molar refractivity (Wildman–Crippen MR) is 102 cm³/mol. The van der Waals surface area contributed by atoms with Crippen LogP contribution >= 0.6 is 23.2 Å². The van der Waals surface area contributed by atoms with Crippen LogP contribution in [0.25, 0.3) is 11.3 Å². The van der Waals surface area contributed by atoms with E-state index in [0.29, 0.717) is 28.7 Å². The molecular weight excluding hydrogens is 375 g/mol. The second-order valence-corrected chi connectivity index (χ2v) is 6.20. The lowest BCUT2D eigenvalue weighted by atomic mass is 10.1. The number of hydrazone groups is 1. The van der Waals surface area contributed by atoms with Crippen molar-refractivity contribution in [3.05, 3.63) is 81.5 Å². The Labute approximate surface area is 159 Å². The number of carbonyl (C=O) groups is 1. The van der Waals surface area contributed by atoms with Crippen molar-refractivity contribution in [2.24, 2.45) is 5.10 Å². The highest BCUT2D eigenvalue weighted by Gasteiger charge is 2.12. The zero-order valence-electron chi connectivity index (χ0n) is 13.4. The van der Waals surface area contributed by atoms with Gasteiger partial charge >= 0.3 is 5.97 Å². The number of rotatable bonds is 6. The van der Waals surface area contributed by atoms with Gasteiger partial charge < -0.3 is 14.9 Å². The fourth-order valence-electron chi connectivity index (χ4n) is 2.30. The van der Waals surface area contributed by atoms with Crippen molar-refractivity contribution >= 4 is 35.4 Å². The van der Waals surface area contributed by atoms with E-state index in [1.807, 2.05) is 24.3 Å². The molecule has 0 aliphatic rings. The molecular formula is C19H14Cl2N2O3. The average Bonchev–Trinajstić information content (AvgIpc) is 3.09. The maximum Gasteiger partial charge on any atom is 0.337 e. The molecule has 26 heavy (non-hydrogen) atoms. The quantitative estimate of drug-likeness (QED) is 0.456. The molecule has 2 aromatic carbocycles. The topological polar surface area (TPSA) is 74.8 Å². The second kappa shape index (κ2) is 8.08. The molecule has 1 heterocycles. The lowest BCUT2D eigenvalue weighted by Gasteiger charge is -2.02. The largest absolute Gasteiger partial charge is 0.478 e. The van der Waals surface area contributed by atoms with Crippen molar-refractivity contribution in [3.63, 3.8) is 0 Å². The molecule has 5 nitrogen and oxygen atoms in total. The van der Waals surface area contributed by atoms with Gasteiger partial charge in [0.05, 0.1) is 23.3 Å². The molecule has 0 bridgehead atoms. The predicted octanol–water partition coefficient (Wildman–Crippen LogP) is 5.08. The maximum absolute atomic E-state index is 11.2. The van der Waals surface area contributed by atoms with E-state index in [2.05, 4.69) is 10.5 Å². The molecule has 0 aliphatic heterocycles. The van der Waals surface area contributed by atoms with E-state index in [0.717, 1.165) is 5.56 Å². The Balaban J connectivity index is 1.67. The first kappa shape index (κ1) is 18.0. The van der Waals surface area contributed by atoms with Crippen LogP contribution in [0.2, 0.25) is 10.0 Å². The number of benzene rings is 2. The van der Waals surface area contributed by atoms with Gasteiger partial charge in [0.15, 0.2) is 0 Å². The fourth-order valence-corrected chi connectivity index (χ4v) is 2.70. The van der Waals surface area contributed by atoms with Crippen LogP contribution in [-0.4, -0.2) is 17.3 Å². The Bertz CT molecular complexity index is 967. The SMILES string of the molecule is O=C(O)c1cc(-c2ccc(/C=N\NCc3ccccc3Cl)o2)ccc1Cl. The fraction of sp³-hybridized carbons (Fsp3) is 0.0526. The summed E-state index contributed by atoms with van der Waals surface area (Å²) in [7, 11) is 0. The summed E-state index contributed by atoms with van der Waals surface area (Å²) in [6, 6.07) is 15.7. The highest BCUT2D eigenvalue weighted by atomic mass is 35.5. The van der Waals surface area contributed by atoms with Gasteiger partial charge in [-0.15, -0.1) is 0 Å². The lowest BCUT2D eigenvalue weighted by molar-refractivity contribution is 0.0697. The zero-order chi connectivity index (χ0) is 18.5. The molecule has 0 atom stereocenters. The van der Waals surface area contributed by atoms with Crippen molar-refractivity contribution in [1.82, 2.24) is 5.43 Å². The van der Waals surface area contributed by atoms with Gasteiger partial charge in [-0.1, -0.05) is 41.4 Å². The van der Waals surface area contributed by atoms with Crippen LogP contribution in [0.5, 0.6) is 0 Å². The molecule has 1 aromatic heterocycles. The van der Waals surface area contributed by atoms with Crippen LogP contribution in [0, 0.1) is 0 Å². The molecule has 0 spiro atoms. The van der Waals surface area contributed by atoms with Crippen molar-refractivity contribution in [3.8, 4) is 11.3 Å². The maximum atomic E-state index is 11.2. The monoisotopic (exact) mass is 388 g/mol. The van der Waals surface area contributed by atoms with Crippen LogP contribution in [0.4, 0.5) is 0 Å². The summed E-state index contributed by atoms with van der Waals surface area (Å²) in [5, 5.41) is 14.1. The summed E-state index contributed by atoms with van der Waals surface area (Å²) in [4.78, 5) is 11.2. The number of halogens is 2. The Morgan fingerprint density at radius 3 is 2.69 bits per heavy atom. The molecule has 0 aliphatic carbocycles. The van der Waals surface area contributed by atoms with Crippen molar-refractivity contribution in [1.29, 1.82) is 0 Å². The van der Waals surface area contributed by atoms with E-state index in [1.54, 1.807) is 18.2 Å². The third-order valence-electron chi connectivity index (χ3n) is 3.62. The van der Waals surface area contributed by atoms with Gasteiger partial charge in [-0.25, -0.2) is 4.79 Å². The summed E-state index contributed by atoms with van der Waals surface area (Å²) in [6.45, 7) is 0.489. The third kappa shape index (κ3) is 4.25. The number of furan rings is 1. The number of nitrogens with one attached hydrogen (secondary N) is 1. The first-order valence-electron chi connectivity index (χ1n) is 7.67. The number of hydrogen-bond donors (Lipinski definition) is 2. The smallest absolute Gasteiger partial charge is 0.337 e. The molecule has 7 heteroatoms. The van der Waals surface area contributed by atoms with Gasteiger partial charge in [0.2, 0.25) is 0 Å². The molecule has 0 fully saturated rings. The third-order valence-corrected chi connectivity index (χ3v) is 4.32. The summed E-state index contributed by atoms with van der Waals surface area (Å²) >= 11 is 12.0. The number of nitrogens with zero attached hydrogens (tertiary/aromatic N) is 1. The highest BCUT2D eigenvalue weighted by molar-refractivity contribution is 6.33. The Morgan fingerprint density at radius 1 is 1.12 bits per heavy atom. The molecule has 0 amide bonds. The first-order valence-corrected chi connectivity index (χ1v) is 8.42. The van der Waals surface area contributed by atoms with Gasteiger partial charge in [-0.05, 0) is 42.0 Å². The van der Waals surface area contributed by atoms with E-state index in [4.69, 9.17) is 32.7 Å². The van der Waals surface area contributed by atoms with Crippen LogP contribution in [-0.2, 0) is 6.54 Å². The van der Waals surface area contributed by atoms with Gasteiger partial charge in [0.25, 0.3) is 0 Å². The van der Waals surface area contributed by atoms with E-state index < -0.39 is 5.97 Å². The van der Waals surface area contributed by atoms with Crippen LogP contribution in [0.1, 0.15) is 21.7 Å². The molecule has 132 valence electrons. The summed E-state index contributed by atoms with van der Waals surface area (Å²) in [5.41, 5.74) is 4.49. The summed E-state index contributed by atoms with van der Waals surface area (Å²) in [6.07, 6.45) is 1.54. The minimum atomic E-state index is -1.09. The van der Waals surface area contributed by atoms with Crippen LogP contribution < -0.4 is 5.43 Å². The molecule has 0 saturated heterocycles. The Morgan fingerprint density at radius 2 is 1.92 bits per heavy atom. The molecule has 2 N–H and O–H groups in total. The van der Waals surface area contributed by atoms with Gasteiger partial charge in [-0.2, -0.15) is 5.10 Å². The number of carboxylic acid groups (broad SMARTS) is 1. The van der Waals surface area contributed by atoms with Gasteiger partial charge in [-0.3, -0.25) is 0 Å². The normalized spacial score (nSPS) is 11.0.